The molecule has 4 nitrogen and oxygen atoms in total. The van der Waals surface area contributed by atoms with Gasteiger partial charge in [-0.3, -0.25) is 9.78 Å². The molecular formula is C19H21N3O. The van der Waals surface area contributed by atoms with Crippen LogP contribution in [0.1, 0.15) is 41.7 Å². The lowest BCUT2D eigenvalue weighted by atomic mass is 9.96. The van der Waals surface area contributed by atoms with Gasteiger partial charge in [-0.1, -0.05) is 18.2 Å². The first-order valence-electron chi connectivity index (χ1n) is 8.62. The second-order valence-electron chi connectivity index (χ2n) is 7.28. The van der Waals surface area contributed by atoms with Crippen molar-refractivity contribution < 1.29 is 4.79 Å². The smallest absolute Gasteiger partial charge is 0.256 e. The van der Waals surface area contributed by atoms with Gasteiger partial charge in [-0.25, -0.2) is 0 Å². The van der Waals surface area contributed by atoms with Gasteiger partial charge in [0.15, 0.2) is 0 Å². The van der Waals surface area contributed by atoms with E-state index >= 15 is 0 Å². The molecule has 23 heavy (non-hydrogen) atoms. The lowest BCUT2D eigenvalue weighted by Crippen LogP contribution is -2.49. The van der Waals surface area contributed by atoms with Crippen LogP contribution in [-0.2, 0) is 6.54 Å². The van der Waals surface area contributed by atoms with E-state index in [0.717, 1.165) is 35.0 Å². The van der Waals surface area contributed by atoms with Crippen molar-refractivity contribution >= 4 is 16.8 Å². The van der Waals surface area contributed by atoms with Crippen molar-refractivity contribution in [2.24, 2.45) is 0 Å². The zero-order valence-electron chi connectivity index (χ0n) is 13.4. The minimum Gasteiger partial charge on any atom is -0.330 e. The Hall–Kier alpha value is -1.94. The molecule has 3 aliphatic rings. The van der Waals surface area contributed by atoms with Crippen LogP contribution in [0.25, 0.3) is 10.9 Å². The molecule has 118 valence electrons. The number of piperidine rings is 1. The second kappa shape index (κ2) is 4.78. The van der Waals surface area contributed by atoms with Crippen LogP contribution in [0.3, 0.4) is 0 Å². The average Bonchev–Trinajstić information content (AvgIpc) is 2.97. The number of nitrogens with zero attached hydrogens (tertiary/aromatic N) is 3. The highest BCUT2D eigenvalue weighted by Gasteiger charge is 2.43. The fourth-order valence-electron chi connectivity index (χ4n) is 4.78. The third kappa shape index (κ3) is 1.94. The zero-order chi connectivity index (χ0) is 15.6. The number of hydrogen-bond acceptors (Lipinski definition) is 3. The summed E-state index contributed by atoms with van der Waals surface area (Å²) < 4.78 is 0. The highest BCUT2D eigenvalue weighted by atomic mass is 16.2. The fourth-order valence-corrected chi connectivity index (χ4v) is 4.78. The van der Waals surface area contributed by atoms with Crippen molar-refractivity contribution in [1.29, 1.82) is 0 Å². The molecule has 0 spiro atoms. The van der Waals surface area contributed by atoms with Crippen molar-refractivity contribution in [3.05, 3.63) is 41.6 Å². The summed E-state index contributed by atoms with van der Waals surface area (Å²) in [6, 6.07) is 11.8. The van der Waals surface area contributed by atoms with Gasteiger partial charge in [-0.2, -0.15) is 0 Å². The summed E-state index contributed by atoms with van der Waals surface area (Å²) in [5, 5.41) is 1.06. The first-order chi connectivity index (χ1) is 11.2. The predicted molar refractivity (Wildman–Crippen MR) is 89.2 cm³/mol. The van der Waals surface area contributed by atoms with Crippen molar-refractivity contribution in [3.8, 4) is 0 Å². The van der Waals surface area contributed by atoms with Gasteiger partial charge in [0.1, 0.15) is 0 Å². The Morgan fingerprint density at radius 2 is 1.83 bits per heavy atom. The van der Waals surface area contributed by atoms with Gasteiger partial charge < -0.3 is 9.80 Å². The molecule has 2 bridgehead atoms. The quantitative estimate of drug-likeness (QED) is 0.813. The normalized spacial score (nSPS) is 30.2. The molecule has 2 fully saturated rings. The fraction of sp³-hybridized carbons (Fsp3) is 0.474. The largest absolute Gasteiger partial charge is 0.330 e. The summed E-state index contributed by atoms with van der Waals surface area (Å²) in [7, 11) is 2.24. The van der Waals surface area contributed by atoms with E-state index in [-0.39, 0.29) is 5.91 Å². The summed E-state index contributed by atoms with van der Waals surface area (Å²) in [4.78, 5) is 22.3. The molecule has 1 amide bonds. The standard InChI is InChI=1S/C19H21N3O/c1-21-13-6-7-14(21)10-15(9-13)22-11-18-16(19(22)23)8-12-4-2-3-5-17(12)20-18/h2-5,8,13-15H,6-7,9-11H2,1H3. The van der Waals surface area contributed by atoms with Crippen molar-refractivity contribution in [2.75, 3.05) is 7.05 Å². The third-order valence-corrected chi connectivity index (χ3v) is 6.13. The first kappa shape index (κ1) is 13.5. The van der Waals surface area contributed by atoms with E-state index < -0.39 is 0 Å². The van der Waals surface area contributed by atoms with E-state index in [1.54, 1.807) is 0 Å². The number of pyridine rings is 1. The number of rotatable bonds is 1. The molecular weight excluding hydrogens is 286 g/mol. The van der Waals surface area contributed by atoms with Crippen LogP contribution in [0.15, 0.2) is 30.3 Å². The number of carbonyl (C=O) groups excluding carboxylic acids is 1. The molecule has 2 aromatic rings. The van der Waals surface area contributed by atoms with Crippen LogP contribution < -0.4 is 0 Å². The number of para-hydroxylation sites is 1. The van der Waals surface area contributed by atoms with E-state index in [4.69, 9.17) is 4.98 Å². The highest BCUT2D eigenvalue weighted by molar-refractivity contribution is 6.01. The van der Waals surface area contributed by atoms with Crippen LogP contribution in [0.5, 0.6) is 0 Å². The van der Waals surface area contributed by atoms with E-state index in [1.165, 1.54) is 12.8 Å². The number of aromatic nitrogens is 1. The van der Waals surface area contributed by atoms with Crippen LogP contribution >= 0.6 is 0 Å². The van der Waals surface area contributed by atoms with Gasteiger partial charge in [0.25, 0.3) is 5.91 Å². The van der Waals surface area contributed by atoms with Crippen molar-refractivity contribution in [3.63, 3.8) is 0 Å². The molecule has 2 unspecified atom stereocenters. The van der Waals surface area contributed by atoms with Gasteiger partial charge >= 0.3 is 0 Å². The van der Waals surface area contributed by atoms with Crippen molar-refractivity contribution in [1.82, 2.24) is 14.8 Å². The predicted octanol–water partition coefficient (Wildman–Crippen LogP) is 2.82. The van der Waals surface area contributed by atoms with Gasteiger partial charge in [-0.05, 0) is 44.9 Å². The monoisotopic (exact) mass is 307 g/mol. The summed E-state index contributed by atoms with van der Waals surface area (Å²) in [5.74, 6) is 0.187. The number of benzene rings is 1. The maximum Gasteiger partial charge on any atom is 0.256 e. The Kier molecular flexibility index (Phi) is 2.80. The van der Waals surface area contributed by atoms with E-state index in [2.05, 4.69) is 16.8 Å². The van der Waals surface area contributed by atoms with Crippen LogP contribution in [-0.4, -0.2) is 45.9 Å². The number of carbonyl (C=O) groups is 1. The Morgan fingerprint density at radius 1 is 1.09 bits per heavy atom. The SMILES string of the molecule is CN1C2CCC1CC(N1Cc3nc4ccccc4cc3C1=O)C2. The molecule has 3 aliphatic heterocycles. The van der Waals surface area contributed by atoms with Gasteiger partial charge in [0, 0.05) is 23.5 Å². The molecule has 0 aliphatic carbocycles. The van der Waals surface area contributed by atoms with Gasteiger partial charge in [0.05, 0.1) is 23.3 Å². The maximum atomic E-state index is 12.9. The summed E-state index contributed by atoms with van der Waals surface area (Å²) >= 11 is 0. The molecule has 0 saturated carbocycles. The van der Waals surface area contributed by atoms with Gasteiger partial charge in [0.2, 0.25) is 0 Å². The number of hydrogen-bond donors (Lipinski definition) is 0. The Bertz CT molecular complexity index is 788. The molecule has 4 heteroatoms. The Balaban J connectivity index is 1.48. The molecule has 1 aromatic carbocycles. The highest BCUT2D eigenvalue weighted by Crippen LogP contribution is 2.38. The molecule has 4 heterocycles. The van der Waals surface area contributed by atoms with Crippen LogP contribution in [0.2, 0.25) is 0 Å². The topological polar surface area (TPSA) is 36.4 Å². The molecule has 1 aromatic heterocycles. The molecule has 2 atom stereocenters. The van der Waals surface area contributed by atoms with E-state index in [0.29, 0.717) is 24.7 Å². The maximum absolute atomic E-state index is 12.9. The summed E-state index contributed by atoms with van der Waals surface area (Å²) in [6.45, 7) is 0.687. The molecule has 2 saturated heterocycles. The Labute approximate surface area is 136 Å². The van der Waals surface area contributed by atoms with E-state index in [1.807, 2.05) is 30.3 Å². The minimum absolute atomic E-state index is 0.187. The Morgan fingerprint density at radius 3 is 2.61 bits per heavy atom. The lowest BCUT2D eigenvalue weighted by molar-refractivity contribution is 0.0505. The minimum atomic E-state index is 0.187. The third-order valence-electron chi connectivity index (χ3n) is 6.13. The lowest BCUT2D eigenvalue weighted by Gasteiger charge is -2.40. The van der Waals surface area contributed by atoms with E-state index in [9.17, 15) is 4.79 Å². The van der Waals surface area contributed by atoms with Crippen molar-refractivity contribution in [2.45, 2.75) is 50.4 Å². The first-order valence-corrected chi connectivity index (χ1v) is 8.62. The molecule has 0 radical (unpaired) electrons. The summed E-state index contributed by atoms with van der Waals surface area (Å²) in [6.07, 6.45) is 4.81. The number of amides is 1. The molecule has 0 N–H and O–H groups in total. The summed E-state index contributed by atoms with van der Waals surface area (Å²) in [5.41, 5.74) is 2.76. The van der Waals surface area contributed by atoms with Crippen LogP contribution in [0, 0.1) is 0 Å². The second-order valence-corrected chi connectivity index (χ2v) is 7.28. The zero-order valence-corrected chi connectivity index (χ0v) is 13.4. The molecule has 5 rings (SSSR count). The number of fused-ring (bicyclic) bond motifs is 4. The average molecular weight is 307 g/mol. The van der Waals surface area contributed by atoms with Crippen LogP contribution in [0.4, 0.5) is 0 Å². The van der Waals surface area contributed by atoms with Gasteiger partial charge in [-0.15, -0.1) is 0 Å².